The summed E-state index contributed by atoms with van der Waals surface area (Å²) in [7, 11) is 0. The number of halogens is 1. The Morgan fingerprint density at radius 3 is 2.00 bits per heavy atom. The molecule has 0 aliphatic rings. The molecule has 0 aromatic rings. The summed E-state index contributed by atoms with van der Waals surface area (Å²) in [5.41, 5.74) is 0.323. The summed E-state index contributed by atoms with van der Waals surface area (Å²) in [5, 5.41) is 0.961. The first kappa shape index (κ1) is 9.03. The maximum atomic E-state index is 5.81. The first-order valence-corrected chi connectivity index (χ1v) is 3.64. The minimum Gasteiger partial charge on any atom is -0.0895 e. The topological polar surface area (TPSA) is 0 Å². The zero-order valence-electron chi connectivity index (χ0n) is 6.66. The molecule has 0 aliphatic carbocycles. The summed E-state index contributed by atoms with van der Waals surface area (Å²) < 4.78 is 0. The molecule has 0 rings (SSSR count). The number of hydrogen-bond donors (Lipinski definition) is 0. The van der Waals surface area contributed by atoms with Crippen LogP contribution in [0.5, 0.6) is 0 Å². The second-order valence-electron chi connectivity index (χ2n) is 3.47. The molecule has 0 amide bonds. The first-order chi connectivity index (χ1) is 3.95. The average molecular weight is 147 g/mol. The molecule has 0 saturated carbocycles. The average Bonchev–Trinajstić information content (AvgIpc) is 1.62. The van der Waals surface area contributed by atoms with Crippen molar-refractivity contribution < 1.29 is 0 Å². The van der Waals surface area contributed by atoms with Crippen LogP contribution in [-0.4, -0.2) is 0 Å². The van der Waals surface area contributed by atoms with Crippen LogP contribution in [0.25, 0.3) is 0 Å². The normalized spacial score (nSPS) is 14.1. The van der Waals surface area contributed by atoms with Crippen molar-refractivity contribution in [2.24, 2.45) is 5.41 Å². The van der Waals surface area contributed by atoms with E-state index in [-0.39, 0.29) is 0 Å². The maximum Gasteiger partial charge on any atom is 0.0143 e. The van der Waals surface area contributed by atoms with Crippen molar-refractivity contribution in [1.82, 2.24) is 0 Å². The van der Waals surface area contributed by atoms with E-state index in [4.69, 9.17) is 11.6 Å². The van der Waals surface area contributed by atoms with E-state index < -0.39 is 0 Å². The van der Waals surface area contributed by atoms with E-state index in [2.05, 4.69) is 20.8 Å². The van der Waals surface area contributed by atoms with E-state index in [1.807, 2.05) is 13.0 Å². The minimum absolute atomic E-state index is 0.323. The van der Waals surface area contributed by atoms with Gasteiger partial charge < -0.3 is 0 Å². The summed E-state index contributed by atoms with van der Waals surface area (Å²) in [6.07, 6.45) is 2.93. The lowest BCUT2D eigenvalue weighted by atomic mass is 9.92. The predicted octanol–water partition coefficient (Wildman–Crippen LogP) is 3.57. The van der Waals surface area contributed by atoms with Crippen molar-refractivity contribution in [3.05, 3.63) is 11.1 Å². The molecule has 0 bridgehead atoms. The third-order valence-electron chi connectivity index (χ3n) is 1.01. The van der Waals surface area contributed by atoms with Crippen molar-refractivity contribution in [2.45, 2.75) is 34.1 Å². The molecule has 0 atom stereocenters. The summed E-state index contributed by atoms with van der Waals surface area (Å²) in [5.74, 6) is 0. The molecule has 0 nitrogen and oxygen atoms in total. The van der Waals surface area contributed by atoms with Gasteiger partial charge in [0.1, 0.15) is 0 Å². The smallest absolute Gasteiger partial charge is 0.0143 e. The Bertz CT molecular complexity index is 106. The fraction of sp³-hybridized carbons (Fsp3) is 0.750. The van der Waals surface area contributed by atoms with Crippen LogP contribution in [0.2, 0.25) is 0 Å². The summed E-state index contributed by atoms with van der Waals surface area (Å²) in [6.45, 7) is 8.50. The minimum atomic E-state index is 0.323. The third kappa shape index (κ3) is 5.91. The van der Waals surface area contributed by atoms with E-state index in [9.17, 15) is 0 Å². The molecule has 0 aromatic carbocycles. The lowest BCUT2D eigenvalue weighted by Crippen LogP contribution is -2.03. The lowest BCUT2D eigenvalue weighted by Gasteiger charge is -2.16. The molecule has 0 fully saturated rings. The van der Waals surface area contributed by atoms with Crippen LogP contribution in [0.1, 0.15) is 34.1 Å². The highest BCUT2D eigenvalue weighted by molar-refractivity contribution is 6.29. The molecule has 0 aliphatic heterocycles. The Morgan fingerprint density at radius 1 is 1.44 bits per heavy atom. The van der Waals surface area contributed by atoms with E-state index in [0.29, 0.717) is 5.41 Å². The Hall–Kier alpha value is 0.0300. The van der Waals surface area contributed by atoms with Gasteiger partial charge in [-0.25, -0.2) is 0 Å². The molecule has 0 N–H and O–H groups in total. The van der Waals surface area contributed by atoms with E-state index >= 15 is 0 Å². The van der Waals surface area contributed by atoms with Crippen molar-refractivity contribution >= 4 is 11.6 Å². The molecule has 0 radical (unpaired) electrons. The van der Waals surface area contributed by atoms with E-state index in [1.54, 1.807) is 0 Å². The molecular formula is C8H15Cl. The van der Waals surface area contributed by atoms with Gasteiger partial charge in [-0.1, -0.05) is 38.4 Å². The Kier molecular flexibility index (Phi) is 3.27. The van der Waals surface area contributed by atoms with Gasteiger partial charge in [0.15, 0.2) is 0 Å². The van der Waals surface area contributed by atoms with Crippen LogP contribution < -0.4 is 0 Å². The van der Waals surface area contributed by atoms with Crippen molar-refractivity contribution in [1.29, 1.82) is 0 Å². The molecule has 1 heteroatoms. The fourth-order valence-electron chi connectivity index (χ4n) is 0.609. The summed E-state index contributed by atoms with van der Waals surface area (Å²) in [4.78, 5) is 0. The SMILES string of the molecule is C/C=C(/Cl)CC(C)(C)C. The van der Waals surface area contributed by atoms with Gasteiger partial charge in [-0.15, -0.1) is 0 Å². The third-order valence-corrected chi connectivity index (χ3v) is 1.36. The fourth-order valence-corrected chi connectivity index (χ4v) is 1.01. The Labute approximate surface area is 62.9 Å². The maximum absolute atomic E-state index is 5.81. The van der Waals surface area contributed by atoms with Gasteiger partial charge in [-0.05, 0) is 18.8 Å². The molecule has 9 heavy (non-hydrogen) atoms. The van der Waals surface area contributed by atoms with E-state index in [0.717, 1.165) is 11.5 Å². The predicted molar refractivity (Wildman–Crippen MR) is 43.7 cm³/mol. The number of rotatable bonds is 1. The van der Waals surface area contributed by atoms with Crippen LogP contribution in [-0.2, 0) is 0 Å². The van der Waals surface area contributed by atoms with Gasteiger partial charge in [0.25, 0.3) is 0 Å². The zero-order chi connectivity index (χ0) is 7.49. The monoisotopic (exact) mass is 146 g/mol. The van der Waals surface area contributed by atoms with Crippen LogP contribution in [0.4, 0.5) is 0 Å². The summed E-state index contributed by atoms with van der Waals surface area (Å²) >= 11 is 5.81. The zero-order valence-corrected chi connectivity index (χ0v) is 7.42. The molecular weight excluding hydrogens is 132 g/mol. The van der Waals surface area contributed by atoms with Gasteiger partial charge in [0.2, 0.25) is 0 Å². The van der Waals surface area contributed by atoms with Gasteiger partial charge in [-0.2, -0.15) is 0 Å². The standard InChI is InChI=1S/C8H15Cl/c1-5-7(9)6-8(2,3)4/h5H,6H2,1-4H3/b7-5+. The Balaban J connectivity index is 3.75. The molecule has 0 aromatic heterocycles. The van der Waals surface area contributed by atoms with Crippen LogP contribution in [0, 0.1) is 5.41 Å². The van der Waals surface area contributed by atoms with Gasteiger partial charge >= 0.3 is 0 Å². The molecule has 0 heterocycles. The molecule has 0 spiro atoms. The van der Waals surface area contributed by atoms with Crippen molar-refractivity contribution in [3.63, 3.8) is 0 Å². The van der Waals surface area contributed by atoms with Crippen molar-refractivity contribution in [3.8, 4) is 0 Å². The first-order valence-electron chi connectivity index (χ1n) is 3.26. The van der Waals surface area contributed by atoms with Gasteiger partial charge in [0, 0.05) is 5.03 Å². The molecule has 54 valence electrons. The van der Waals surface area contributed by atoms with Crippen LogP contribution in [0.15, 0.2) is 11.1 Å². The van der Waals surface area contributed by atoms with Crippen LogP contribution in [0.3, 0.4) is 0 Å². The summed E-state index contributed by atoms with van der Waals surface area (Å²) in [6, 6.07) is 0. The van der Waals surface area contributed by atoms with E-state index in [1.165, 1.54) is 0 Å². The Morgan fingerprint density at radius 2 is 1.89 bits per heavy atom. The number of allylic oxidation sites excluding steroid dienone is 2. The second kappa shape index (κ2) is 3.26. The number of hydrogen-bond acceptors (Lipinski definition) is 0. The highest BCUT2D eigenvalue weighted by atomic mass is 35.5. The molecule has 0 unspecified atom stereocenters. The van der Waals surface area contributed by atoms with Gasteiger partial charge in [-0.3, -0.25) is 0 Å². The lowest BCUT2D eigenvalue weighted by molar-refractivity contribution is 0.416. The molecule has 0 saturated heterocycles. The van der Waals surface area contributed by atoms with Gasteiger partial charge in [0.05, 0.1) is 0 Å². The quantitative estimate of drug-likeness (QED) is 0.531. The highest BCUT2D eigenvalue weighted by Gasteiger charge is 2.10. The second-order valence-corrected chi connectivity index (χ2v) is 3.96. The highest BCUT2D eigenvalue weighted by Crippen LogP contribution is 2.25. The largest absolute Gasteiger partial charge is 0.0895 e. The van der Waals surface area contributed by atoms with Crippen molar-refractivity contribution in [2.75, 3.05) is 0 Å². The van der Waals surface area contributed by atoms with Crippen LogP contribution >= 0.6 is 11.6 Å².